The van der Waals surface area contributed by atoms with Gasteiger partial charge in [-0.1, -0.05) is 70.2 Å². The number of pyridine rings is 1. The summed E-state index contributed by atoms with van der Waals surface area (Å²) < 4.78 is 12.9. The second kappa shape index (κ2) is 10.2. The molecule has 0 bridgehead atoms. The van der Waals surface area contributed by atoms with Crippen LogP contribution in [-0.2, 0) is 12.8 Å². The zero-order valence-electron chi connectivity index (χ0n) is 17.8. The van der Waals surface area contributed by atoms with E-state index >= 15 is 0 Å². The first-order valence-corrected chi connectivity index (χ1v) is 10.4. The highest BCUT2D eigenvalue weighted by molar-refractivity contribution is 6.62. The van der Waals surface area contributed by atoms with E-state index in [0.29, 0.717) is 11.8 Å². The summed E-state index contributed by atoms with van der Waals surface area (Å²) in [7, 11) is -0.565. The van der Waals surface area contributed by atoms with Gasteiger partial charge in [0, 0.05) is 17.9 Å². The molecule has 150 valence electrons. The third-order valence-corrected chi connectivity index (χ3v) is 4.63. The molecule has 29 heavy (non-hydrogen) atoms. The zero-order chi connectivity index (χ0) is 20.6. The van der Waals surface area contributed by atoms with Crippen molar-refractivity contribution in [3.05, 3.63) is 84.2 Å². The van der Waals surface area contributed by atoms with Crippen molar-refractivity contribution in [2.75, 3.05) is 0 Å². The summed E-state index contributed by atoms with van der Waals surface area (Å²) in [4.78, 5) is 4.27. The minimum atomic E-state index is -0.565. The number of nitrogens with zero attached hydrogens (tertiary/aromatic N) is 1. The Morgan fingerprint density at radius 3 is 1.69 bits per heavy atom. The Kier molecular flexibility index (Phi) is 7.34. The SMILES string of the molecule is CC(C)Cc1ccccc1OB(Oc1ccccc1CC(C)C)c1cccnc1. The topological polar surface area (TPSA) is 31.4 Å². The fourth-order valence-electron chi connectivity index (χ4n) is 3.36. The molecule has 0 saturated carbocycles. The number of benzene rings is 2. The maximum Gasteiger partial charge on any atom is 0.634 e. The van der Waals surface area contributed by atoms with Gasteiger partial charge in [-0.3, -0.25) is 4.98 Å². The highest BCUT2D eigenvalue weighted by Crippen LogP contribution is 2.25. The largest absolute Gasteiger partial charge is 0.634 e. The van der Waals surface area contributed by atoms with E-state index in [4.69, 9.17) is 9.31 Å². The molecule has 0 radical (unpaired) electrons. The van der Waals surface area contributed by atoms with Crippen LogP contribution in [0.3, 0.4) is 0 Å². The lowest BCUT2D eigenvalue weighted by Crippen LogP contribution is -2.43. The molecule has 1 aromatic heterocycles. The van der Waals surface area contributed by atoms with Gasteiger partial charge in [0.05, 0.1) is 0 Å². The van der Waals surface area contributed by atoms with E-state index in [0.717, 1.165) is 29.8 Å². The molecule has 0 atom stereocenters. The second-order valence-corrected chi connectivity index (χ2v) is 8.27. The van der Waals surface area contributed by atoms with Gasteiger partial charge in [-0.25, -0.2) is 0 Å². The average molecular weight is 387 g/mol. The van der Waals surface area contributed by atoms with Gasteiger partial charge < -0.3 is 9.31 Å². The normalized spacial score (nSPS) is 11.0. The van der Waals surface area contributed by atoms with Crippen LogP contribution < -0.4 is 14.8 Å². The molecule has 3 nitrogen and oxygen atoms in total. The molecule has 4 heteroatoms. The van der Waals surface area contributed by atoms with Gasteiger partial charge in [0.2, 0.25) is 0 Å². The van der Waals surface area contributed by atoms with Crippen LogP contribution in [0.2, 0.25) is 0 Å². The van der Waals surface area contributed by atoms with Gasteiger partial charge in [-0.05, 0) is 54.0 Å². The summed E-state index contributed by atoms with van der Waals surface area (Å²) in [5.41, 5.74) is 3.28. The van der Waals surface area contributed by atoms with Gasteiger partial charge >= 0.3 is 7.12 Å². The third kappa shape index (κ3) is 6.12. The van der Waals surface area contributed by atoms with Gasteiger partial charge in [0.1, 0.15) is 11.5 Å². The smallest absolute Gasteiger partial charge is 0.522 e. The summed E-state index contributed by atoms with van der Waals surface area (Å²) >= 11 is 0. The van der Waals surface area contributed by atoms with Crippen molar-refractivity contribution in [1.82, 2.24) is 4.98 Å². The maximum absolute atomic E-state index is 6.43. The van der Waals surface area contributed by atoms with Crippen LogP contribution in [-0.4, -0.2) is 12.1 Å². The van der Waals surface area contributed by atoms with Crippen molar-refractivity contribution in [3.63, 3.8) is 0 Å². The molecule has 0 amide bonds. The van der Waals surface area contributed by atoms with E-state index in [9.17, 15) is 0 Å². The van der Waals surface area contributed by atoms with Crippen LogP contribution in [0.5, 0.6) is 11.5 Å². The minimum Gasteiger partial charge on any atom is -0.522 e. The number of para-hydroxylation sites is 2. The molecule has 0 aliphatic rings. The van der Waals surface area contributed by atoms with Crippen molar-refractivity contribution < 1.29 is 9.31 Å². The van der Waals surface area contributed by atoms with Crippen molar-refractivity contribution in [2.24, 2.45) is 11.8 Å². The monoisotopic (exact) mass is 387 g/mol. The molecule has 0 N–H and O–H groups in total. The van der Waals surface area contributed by atoms with Gasteiger partial charge in [-0.15, -0.1) is 0 Å². The first kappa shape index (κ1) is 21.0. The van der Waals surface area contributed by atoms with Crippen molar-refractivity contribution in [3.8, 4) is 11.5 Å². The molecule has 0 saturated heterocycles. The molecule has 0 spiro atoms. The summed E-state index contributed by atoms with van der Waals surface area (Å²) in [6.45, 7) is 8.87. The Morgan fingerprint density at radius 1 is 0.724 bits per heavy atom. The molecular weight excluding hydrogens is 357 g/mol. The number of hydrogen-bond donors (Lipinski definition) is 0. The van der Waals surface area contributed by atoms with Gasteiger partial charge in [-0.2, -0.15) is 0 Å². The van der Waals surface area contributed by atoms with Crippen molar-refractivity contribution in [2.45, 2.75) is 40.5 Å². The predicted molar refractivity (Wildman–Crippen MR) is 121 cm³/mol. The number of aromatic nitrogens is 1. The number of hydrogen-bond acceptors (Lipinski definition) is 3. The highest BCUT2D eigenvalue weighted by atomic mass is 16.6. The van der Waals surface area contributed by atoms with Gasteiger partial charge in [0.15, 0.2) is 0 Å². The van der Waals surface area contributed by atoms with E-state index < -0.39 is 7.12 Å². The van der Waals surface area contributed by atoms with E-state index in [1.165, 1.54) is 11.1 Å². The zero-order valence-corrected chi connectivity index (χ0v) is 17.8. The molecule has 0 fully saturated rings. The molecule has 2 aromatic carbocycles. The molecule has 0 aliphatic heterocycles. The van der Waals surface area contributed by atoms with E-state index in [-0.39, 0.29) is 0 Å². The van der Waals surface area contributed by atoms with Crippen molar-refractivity contribution in [1.29, 1.82) is 0 Å². The van der Waals surface area contributed by atoms with Crippen LogP contribution in [0.15, 0.2) is 73.1 Å². The standard InChI is InChI=1S/C25H30BNO2/c1-19(2)16-21-10-5-7-13-24(21)28-26(23-12-9-15-27-18-23)29-25-14-8-6-11-22(25)17-20(3)4/h5-15,18-20H,16-17H2,1-4H3. The fourth-order valence-corrected chi connectivity index (χ4v) is 3.36. The molecule has 3 aromatic rings. The van der Waals surface area contributed by atoms with Gasteiger partial charge in [0.25, 0.3) is 0 Å². The van der Waals surface area contributed by atoms with Crippen molar-refractivity contribution >= 4 is 12.6 Å². The Hall–Kier alpha value is -2.75. The predicted octanol–water partition coefficient (Wildman–Crippen LogP) is 5.33. The summed E-state index contributed by atoms with van der Waals surface area (Å²) in [6, 6.07) is 20.3. The Labute approximate surface area is 175 Å². The average Bonchev–Trinajstić information content (AvgIpc) is 2.70. The summed E-state index contributed by atoms with van der Waals surface area (Å²) in [6.07, 6.45) is 5.49. The molecular formula is C25H30BNO2. The quantitative estimate of drug-likeness (QED) is 0.465. The molecule has 1 heterocycles. The Morgan fingerprint density at radius 2 is 1.24 bits per heavy atom. The van der Waals surface area contributed by atoms with E-state index in [1.54, 1.807) is 12.4 Å². The lowest BCUT2D eigenvalue weighted by atomic mass is 9.79. The highest BCUT2D eigenvalue weighted by Gasteiger charge is 2.28. The Balaban J connectivity index is 1.92. The lowest BCUT2D eigenvalue weighted by Gasteiger charge is -2.21. The first-order valence-electron chi connectivity index (χ1n) is 10.4. The summed E-state index contributed by atoms with van der Waals surface area (Å²) in [5, 5.41) is 0. The summed E-state index contributed by atoms with van der Waals surface area (Å²) in [5.74, 6) is 2.81. The Bertz CT molecular complexity index is 841. The van der Waals surface area contributed by atoms with Crippen LogP contribution in [0.4, 0.5) is 0 Å². The van der Waals surface area contributed by atoms with Crippen LogP contribution >= 0.6 is 0 Å². The third-order valence-electron chi connectivity index (χ3n) is 4.63. The molecule has 3 rings (SSSR count). The maximum atomic E-state index is 6.43. The fraction of sp³-hybridized carbons (Fsp3) is 0.320. The van der Waals surface area contributed by atoms with Crippen LogP contribution in [0.1, 0.15) is 38.8 Å². The minimum absolute atomic E-state index is 0.546. The molecule has 0 unspecified atom stereocenters. The van der Waals surface area contributed by atoms with E-state index in [2.05, 4.69) is 56.9 Å². The van der Waals surface area contributed by atoms with Crippen LogP contribution in [0.25, 0.3) is 0 Å². The molecule has 0 aliphatic carbocycles. The lowest BCUT2D eigenvalue weighted by molar-refractivity contribution is 0.429. The van der Waals surface area contributed by atoms with Crippen LogP contribution in [0, 0.1) is 11.8 Å². The van der Waals surface area contributed by atoms with E-state index in [1.807, 2.05) is 36.4 Å². The number of rotatable bonds is 9. The first-order chi connectivity index (χ1) is 14.0. The second-order valence-electron chi connectivity index (χ2n) is 8.27.